The van der Waals surface area contributed by atoms with E-state index in [2.05, 4.69) is 62.6 Å². The second-order valence-corrected chi connectivity index (χ2v) is 11.3. The van der Waals surface area contributed by atoms with E-state index in [4.69, 9.17) is 0 Å². The topological polar surface area (TPSA) is 0 Å². The van der Waals surface area contributed by atoms with Gasteiger partial charge in [-0.1, -0.05) is 100 Å². The molecule has 1 atom stereocenters. The second kappa shape index (κ2) is 10.5. The SMILES string of the molecule is C=C(C[C@H](CCC)c1cccc(C(=C)CC2CCCC2)c1)C1=Cc2cc3c(cc2C1)CCCC3. The first-order valence-electron chi connectivity index (χ1n) is 13.9. The van der Waals surface area contributed by atoms with E-state index in [1.54, 1.807) is 11.1 Å². The van der Waals surface area contributed by atoms with Gasteiger partial charge < -0.3 is 0 Å². The maximum atomic E-state index is 4.60. The predicted octanol–water partition coefficient (Wildman–Crippen LogP) is 9.63. The zero-order valence-corrected chi connectivity index (χ0v) is 21.3. The van der Waals surface area contributed by atoms with Crippen LogP contribution >= 0.6 is 0 Å². The molecule has 1 fully saturated rings. The summed E-state index contributed by atoms with van der Waals surface area (Å²) in [6, 6.07) is 14.3. The Morgan fingerprint density at radius 1 is 0.912 bits per heavy atom. The molecule has 2 aromatic rings. The number of hydrogen-bond acceptors (Lipinski definition) is 0. The van der Waals surface area contributed by atoms with E-state index in [9.17, 15) is 0 Å². The molecule has 1 saturated carbocycles. The molecule has 0 N–H and O–H groups in total. The van der Waals surface area contributed by atoms with Crippen LogP contribution < -0.4 is 0 Å². The Morgan fingerprint density at radius 2 is 1.68 bits per heavy atom. The third-order valence-electron chi connectivity index (χ3n) is 8.67. The summed E-state index contributed by atoms with van der Waals surface area (Å²) in [6.07, 6.45) is 19.0. The number of fused-ring (bicyclic) bond motifs is 2. The van der Waals surface area contributed by atoms with Gasteiger partial charge in [0.2, 0.25) is 0 Å². The van der Waals surface area contributed by atoms with Gasteiger partial charge in [0, 0.05) is 0 Å². The average Bonchev–Trinajstić information content (AvgIpc) is 3.52. The molecule has 0 heterocycles. The summed E-state index contributed by atoms with van der Waals surface area (Å²) >= 11 is 0. The van der Waals surface area contributed by atoms with Crippen LogP contribution in [-0.4, -0.2) is 0 Å². The van der Waals surface area contributed by atoms with Gasteiger partial charge in [-0.15, -0.1) is 0 Å². The van der Waals surface area contributed by atoms with Crippen LogP contribution in [0.3, 0.4) is 0 Å². The molecule has 0 saturated heterocycles. The Morgan fingerprint density at radius 3 is 2.44 bits per heavy atom. The Hall–Kier alpha value is -2.34. The summed E-state index contributed by atoms with van der Waals surface area (Å²) < 4.78 is 0. The molecule has 0 nitrogen and oxygen atoms in total. The van der Waals surface area contributed by atoms with Crippen molar-refractivity contribution in [3.05, 3.63) is 94.1 Å². The van der Waals surface area contributed by atoms with Crippen molar-refractivity contribution in [1.82, 2.24) is 0 Å². The van der Waals surface area contributed by atoms with Gasteiger partial charge in [-0.25, -0.2) is 0 Å². The van der Waals surface area contributed by atoms with Crippen molar-refractivity contribution >= 4 is 11.6 Å². The monoisotopic (exact) mass is 450 g/mol. The van der Waals surface area contributed by atoms with E-state index >= 15 is 0 Å². The van der Waals surface area contributed by atoms with Crippen LogP contribution in [0.15, 0.2) is 60.7 Å². The molecular weight excluding hydrogens is 408 g/mol. The van der Waals surface area contributed by atoms with Gasteiger partial charge in [0.15, 0.2) is 0 Å². The lowest BCUT2D eigenvalue weighted by Crippen LogP contribution is -2.04. The quantitative estimate of drug-likeness (QED) is 0.357. The van der Waals surface area contributed by atoms with Crippen LogP contribution in [0.4, 0.5) is 0 Å². The van der Waals surface area contributed by atoms with Crippen LogP contribution in [0.2, 0.25) is 0 Å². The van der Waals surface area contributed by atoms with E-state index in [-0.39, 0.29) is 0 Å². The molecule has 178 valence electrons. The van der Waals surface area contributed by atoms with E-state index < -0.39 is 0 Å². The summed E-state index contributed by atoms with van der Waals surface area (Å²) in [5.41, 5.74) is 13.1. The van der Waals surface area contributed by atoms with Gasteiger partial charge in [0.25, 0.3) is 0 Å². The lowest BCUT2D eigenvalue weighted by Gasteiger charge is -2.21. The number of rotatable bonds is 9. The van der Waals surface area contributed by atoms with E-state index in [0.717, 1.165) is 18.8 Å². The van der Waals surface area contributed by atoms with Crippen molar-refractivity contribution in [2.45, 2.75) is 96.3 Å². The first-order valence-corrected chi connectivity index (χ1v) is 13.9. The molecule has 34 heavy (non-hydrogen) atoms. The van der Waals surface area contributed by atoms with Crippen LogP contribution in [-0.2, 0) is 19.3 Å². The standard InChI is InChI=1S/C34H42/c1-4-10-28(31-16-9-15-27(19-31)24(2)17-26-11-5-6-12-26)18-25(3)32-22-33-20-29-13-7-8-14-30(29)21-34(33)23-32/h9,15-16,19-22,26,28H,2-8,10-14,17-18,23H2,1H3/t28-/m0/s1. The van der Waals surface area contributed by atoms with Crippen molar-refractivity contribution in [1.29, 1.82) is 0 Å². The zero-order chi connectivity index (χ0) is 23.5. The van der Waals surface area contributed by atoms with Crippen molar-refractivity contribution < 1.29 is 0 Å². The Bertz CT molecular complexity index is 1090. The molecule has 3 aliphatic carbocycles. The fourth-order valence-electron chi connectivity index (χ4n) is 6.67. The molecule has 0 unspecified atom stereocenters. The molecule has 0 aliphatic heterocycles. The molecular formula is C34H42. The van der Waals surface area contributed by atoms with Gasteiger partial charge in [-0.3, -0.25) is 0 Å². The predicted molar refractivity (Wildman–Crippen MR) is 148 cm³/mol. The molecule has 0 spiro atoms. The molecule has 0 bridgehead atoms. The Balaban J connectivity index is 1.29. The van der Waals surface area contributed by atoms with Gasteiger partial charge in [-0.05, 0) is 108 Å². The highest BCUT2D eigenvalue weighted by Crippen LogP contribution is 2.39. The summed E-state index contributed by atoms with van der Waals surface area (Å²) in [5.74, 6) is 1.39. The molecule has 0 radical (unpaired) electrons. The Labute approximate surface area is 207 Å². The highest BCUT2D eigenvalue weighted by molar-refractivity contribution is 5.70. The number of aryl methyl sites for hydroxylation is 2. The first kappa shape index (κ1) is 23.4. The lowest BCUT2D eigenvalue weighted by molar-refractivity contribution is 0.565. The van der Waals surface area contributed by atoms with Crippen LogP contribution in [0, 0.1) is 5.92 Å². The molecule has 2 aromatic carbocycles. The summed E-state index contributed by atoms with van der Waals surface area (Å²) in [7, 11) is 0. The fourth-order valence-corrected chi connectivity index (χ4v) is 6.67. The van der Waals surface area contributed by atoms with E-state index in [1.165, 1.54) is 110 Å². The van der Waals surface area contributed by atoms with Gasteiger partial charge in [0.05, 0.1) is 0 Å². The number of benzene rings is 2. The molecule has 0 amide bonds. The van der Waals surface area contributed by atoms with Crippen molar-refractivity contribution in [3.63, 3.8) is 0 Å². The average molecular weight is 451 g/mol. The minimum Gasteiger partial charge on any atom is -0.0955 e. The maximum Gasteiger partial charge on any atom is -0.00170 e. The summed E-state index contributed by atoms with van der Waals surface area (Å²) in [4.78, 5) is 0. The Kier molecular flexibility index (Phi) is 7.23. The normalized spacial score (nSPS) is 18.3. The smallest absolute Gasteiger partial charge is 0.00170 e. The highest BCUT2D eigenvalue weighted by atomic mass is 14.3. The fraction of sp³-hybridized carbons (Fsp3) is 0.471. The van der Waals surface area contributed by atoms with Gasteiger partial charge in [-0.2, -0.15) is 0 Å². The highest BCUT2D eigenvalue weighted by Gasteiger charge is 2.22. The van der Waals surface area contributed by atoms with E-state index in [0.29, 0.717) is 5.92 Å². The largest absolute Gasteiger partial charge is 0.0955 e. The third kappa shape index (κ3) is 5.17. The number of allylic oxidation sites excluding steroid dienone is 3. The second-order valence-electron chi connectivity index (χ2n) is 11.3. The van der Waals surface area contributed by atoms with Crippen LogP contribution in [0.25, 0.3) is 11.6 Å². The summed E-state index contributed by atoms with van der Waals surface area (Å²) in [5, 5.41) is 0. The minimum atomic E-state index is 0.537. The first-order chi connectivity index (χ1) is 16.6. The van der Waals surface area contributed by atoms with E-state index in [1.807, 2.05) is 0 Å². The van der Waals surface area contributed by atoms with Crippen molar-refractivity contribution in [3.8, 4) is 0 Å². The summed E-state index contributed by atoms with van der Waals surface area (Å²) in [6.45, 7) is 11.4. The molecule has 0 aromatic heterocycles. The van der Waals surface area contributed by atoms with Gasteiger partial charge in [0.1, 0.15) is 0 Å². The maximum absolute atomic E-state index is 4.60. The lowest BCUT2D eigenvalue weighted by atomic mass is 9.84. The molecule has 5 rings (SSSR count). The van der Waals surface area contributed by atoms with Gasteiger partial charge >= 0.3 is 0 Å². The minimum absolute atomic E-state index is 0.537. The van der Waals surface area contributed by atoms with Crippen molar-refractivity contribution in [2.75, 3.05) is 0 Å². The van der Waals surface area contributed by atoms with Crippen LogP contribution in [0.1, 0.15) is 110 Å². The number of hydrogen-bond donors (Lipinski definition) is 0. The van der Waals surface area contributed by atoms with Crippen LogP contribution in [0.5, 0.6) is 0 Å². The third-order valence-corrected chi connectivity index (χ3v) is 8.67. The zero-order valence-electron chi connectivity index (χ0n) is 21.3. The molecule has 3 aliphatic rings. The molecule has 0 heteroatoms. The van der Waals surface area contributed by atoms with Crippen molar-refractivity contribution in [2.24, 2.45) is 5.92 Å².